The molecule has 0 saturated carbocycles. The van der Waals surface area contributed by atoms with Crippen molar-refractivity contribution in [2.45, 2.75) is 25.0 Å². The molecule has 1 saturated heterocycles. The average molecular weight is 254 g/mol. The molecule has 2 amide bonds. The Morgan fingerprint density at radius 3 is 3.00 bits per heavy atom. The minimum atomic E-state index is -0.821. The Labute approximate surface area is 102 Å². The molecule has 2 rings (SSSR count). The summed E-state index contributed by atoms with van der Waals surface area (Å²) in [6.45, 7) is 0.511. The average Bonchev–Trinajstić information content (AvgIpc) is 2.76. The normalized spacial score (nSPS) is 22.2. The van der Waals surface area contributed by atoms with Gasteiger partial charge in [-0.25, -0.2) is 9.48 Å². The lowest BCUT2D eigenvalue weighted by atomic mass is 9.96. The Hall–Kier alpha value is -2.16. The van der Waals surface area contributed by atoms with E-state index in [4.69, 9.17) is 11.5 Å². The number of rotatable bonds is 5. The van der Waals surface area contributed by atoms with E-state index in [2.05, 4.69) is 20.4 Å². The summed E-state index contributed by atoms with van der Waals surface area (Å²) in [7, 11) is 0. The summed E-state index contributed by atoms with van der Waals surface area (Å²) in [5.41, 5.74) is 11.1. The number of β-lactam (4-membered cyclic amide) rings is 1. The first kappa shape index (κ1) is 12.3. The Morgan fingerprint density at radius 1 is 1.61 bits per heavy atom. The molecule has 18 heavy (non-hydrogen) atoms. The summed E-state index contributed by atoms with van der Waals surface area (Å²) in [4.78, 5) is 21.3. The van der Waals surface area contributed by atoms with Crippen molar-refractivity contribution in [3.8, 4) is 0 Å². The molecular weight excluding hydrogens is 240 g/mol. The van der Waals surface area contributed by atoms with Crippen LogP contribution < -0.4 is 16.8 Å². The molecule has 1 aromatic heterocycles. The molecule has 2 heterocycles. The van der Waals surface area contributed by atoms with E-state index in [1.54, 1.807) is 6.20 Å². The summed E-state index contributed by atoms with van der Waals surface area (Å²) < 4.78 is 6.10. The van der Waals surface area contributed by atoms with E-state index in [0.717, 1.165) is 5.69 Å². The number of hydrogen-bond acceptors (Lipinski definition) is 6. The number of nitrogens with one attached hydrogen (secondary N) is 1. The Bertz CT molecular complexity index is 459. The van der Waals surface area contributed by atoms with Gasteiger partial charge >= 0.3 is 6.09 Å². The lowest BCUT2D eigenvalue weighted by Gasteiger charge is -2.33. The van der Waals surface area contributed by atoms with Crippen molar-refractivity contribution in [1.82, 2.24) is 20.3 Å². The smallest absolute Gasteiger partial charge is 0.404 e. The van der Waals surface area contributed by atoms with Crippen molar-refractivity contribution in [1.29, 1.82) is 0 Å². The van der Waals surface area contributed by atoms with E-state index in [-0.39, 0.29) is 18.6 Å². The summed E-state index contributed by atoms with van der Waals surface area (Å²) >= 11 is 0. The zero-order valence-corrected chi connectivity index (χ0v) is 9.57. The summed E-state index contributed by atoms with van der Waals surface area (Å²) in [5, 5.41) is 10.5. The lowest BCUT2D eigenvalue weighted by Crippen LogP contribution is -2.67. The number of nitrogens with zero attached hydrogens (tertiary/aromatic N) is 3. The van der Waals surface area contributed by atoms with Crippen LogP contribution in [0, 0.1) is 0 Å². The molecule has 1 aliphatic rings. The zero-order chi connectivity index (χ0) is 13.1. The van der Waals surface area contributed by atoms with Gasteiger partial charge in [0.05, 0.1) is 18.3 Å². The molecule has 0 unspecified atom stereocenters. The summed E-state index contributed by atoms with van der Waals surface area (Å²) in [6.07, 6.45) is 1.42. The minimum absolute atomic E-state index is 0.0930. The number of hydrogen-bond donors (Lipinski definition) is 3. The van der Waals surface area contributed by atoms with Crippen LogP contribution >= 0.6 is 0 Å². The second-order valence-corrected chi connectivity index (χ2v) is 3.99. The first-order valence-corrected chi connectivity index (χ1v) is 5.43. The predicted molar refractivity (Wildman–Crippen MR) is 59.2 cm³/mol. The van der Waals surface area contributed by atoms with E-state index in [9.17, 15) is 9.59 Å². The number of carbonyl (C=O) groups is 2. The quantitative estimate of drug-likeness (QED) is 0.507. The largest absolute Gasteiger partial charge is 0.448 e. The van der Waals surface area contributed by atoms with Gasteiger partial charge in [0.2, 0.25) is 5.91 Å². The topological polar surface area (TPSA) is 138 Å². The van der Waals surface area contributed by atoms with Crippen molar-refractivity contribution in [2.24, 2.45) is 11.5 Å². The van der Waals surface area contributed by atoms with Crippen molar-refractivity contribution in [3.05, 3.63) is 11.9 Å². The molecule has 0 bridgehead atoms. The van der Waals surface area contributed by atoms with Crippen molar-refractivity contribution >= 4 is 12.0 Å². The first-order valence-electron chi connectivity index (χ1n) is 5.43. The summed E-state index contributed by atoms with van der Waals surface area (Å²) in [6, 6.07) is -0.571. The molecule has 0 aliphatic carbocycles. The van der Waals surface area contributed by atoms with Gasteiger partial charge in [-0.05, 0) is 0 Å². The van der Waals surface area contributed by atoms with E-state index in [1.807, 2.05) is 0 Å². The standard InChI is InChI=1S/C9H14N6O3/c10-7-6(12-8(7)16)3-5-4-15(14-13-5)1-2-18-9(11)17/h4,6-7H,1-3,10H2,(H2,11,17)(H,12,16)/t6-,7+/m1/s1. The number of ether oxygens (including phenoxy) is 1. The zero-order valence-electron chi connectivity index (χ0n) is 9.57. The van der Waals surface area contributed by atoms with Crippen LogP contribution in [0.1, 0.15) is 5.69 Å². The third kappa shape index (κ3) is 2.74. The van der Waals surface area contributed by atoms with Gasteiger partial charge in [0, 0.05) is 12.6 Å². The lowest BCUT2D eigenvalue weighted by molar-refractivity contribution is -0.130. The maximum Gasteiger partial charge on any atom is 0.404 e. The second-order valence-electron chi connectivity index (χ2n) is 3.99. The number of carbonyl (C=O) groups excluding carboxylic acids is 2. The van der Waals surface area contributed by atoms with Crippen molar-refractivity contribution in [2.75, 3.05) is 6.61 Å². The fraction of sp³-hybridized carbons (Fsp3) is 0.556. The van der Waals surface area contributed by atoms with Crippen molar-refractivity contribution in [3.63, 3.8) is 0 Å². The molecular formula is C9H14N6O3. The van der Waals surface area contributed by atoms with Crippen molar-refractivity contribution < 1.29 is 14.3 Å². The van der Waals surface area contributed by atoms with Gasteiger partial charge in [-0.3, -0.25) is 4.79 Å². The number of primary amides is 1. The van der Waals surface area contributed by atoms with E-state index < -0.39 is 12.1 Å². The van der Waals surface area contributed by atoms with Crippen LogP contribution in [0.25, 0.3) is 0 Å². The van der Waals surface area contributed by atoms with Gasteiger partial charge in [0.1, 0.15) is 12.6 Å². The molecule has 0 spiro atoms. The molecule has 1 aliphatic heterocycles. The summed E-state index contributed by atoms with van der Waals surface area (Å²) in [5.74, 6) is -0.151. The molecule has 5 N–H and O–H groups in total. The highest BCUT2D eigenvalue weighted by Gasteiger charge is 2.36. The second kappa shape index (κ2) is 5.00. The van der Waals surface area contributed by atoms with Gasteiger partial charge in [-0.2, -0.15) is 0 Å². The Morgan fingerprint density at radius 2 is 2.39 bits per heavy atom. The van der Waals surface area contributed by atoms with Gasteiger partial charge < -0.3 is 21.5 Å². The molecule has 2 atom stereocenters. The van der Waals surface area contributed by atoms with Crippen LogP contribution in [0.2, 0.25) is 0 Å². The highest BCUT2D eigenvalue weighted by atomic mass is 16.5. The molecule has 1 aromatic rings. The van der Waals surface area contributed by atoms with Crippen LogP contribution in [0.3, 0.4) is 0 Å². The fourth-order valence-corrected chi connectivity index (χ4v) is 1.64. The minimum Gasteiger partial charge on any atom is -0.448 e. The predicted octanol–water partition coefficient (Wildman–Crippen LogP) is -2.26. The van der Waals surface area contributed by atoms with Gasteiger partial charge in [0.25, 0.3) is 0 Å². The van der Waals surface area contributed by atoms with E-state index in [0.29, 0.717) is 13.0 Å². The Kier molecular flexibility index (Phi) is 3.42. The van der Waals surface area contributed by atoms with Crippen LogP contribution in [0.4, 0.5) is 4.79 Å². The van der Waals surface area contributed by atoms with Crippen LogP contribution in [-0.4, -0.2) is 45.7 Å². The highest BCUT2D eigenvalue weighted by molar-refractivity contribution is 5.89. The highest BCUT2D eigenvalue weighted by Crippen LogP contribution is 2.09. The van der Waals surface area contributed by atoms with Gasteiger partial charge in [-0.15, -0.1) is 5.10 Å². The van der Waals surface area contributed by atoms with Gasteiger partial charge in [0.15, 0.2) is 0 Å². The van der Waals surface area contributed by atoms with Crippen LogP contribution in [0.5, 0.6) is 0 Å². The van der Waals surface area contributed by atoms with Crippen LogP contribution in [0.15, 0.2) is 6.20 Å². The third-order valence-electron chi connectivity index (χ3n) is 2.64. The number of amides is 2. The third-order valence-corrected chi connectivity index (χ3v) is 2.64. The molecule has 1 fully saturated rings. The van der Waals surface area contributed by atoms with E-state index in [1.165, 1.54) is 4.68 Å². The Balaban J connectivity index is 1.79. The van der Waals surface area contributed by atoms with Crippen LogP contribution in [-0.2, 0) is 22.5 Å². The number of nitrogens with two attached hydrogens (primary N) is 2. The molecule has 9 nitrogen and oxygen atoms in total. The maximum absolute atomic E-state index is 10.9. The molecule has 0 radical (unpaired) electrons. The first-order chi connectivity index (χ1) is 8.56. The molecule has 9 heteroatoms. The number of aromatic nitrogens is 3. The molecule has 0 aromatic carbocycles. The fourth-order valence-electron chi connectivity index (χ4n) is 1.64. The molecule has 98 valence electrons. The SMILES string of the molecule is NC(=O)OCCn1cc(C[C@H]2NC(=O)[C@H]2N)nn1. The monoisotopic (exact) mass is 254 g/mol. The van der Waals surface area contributed by atoms with Gasteiger partial charge in [-0.1, -0.05) is 5.21 Å². The van der Waals surface area contributed by atoms with E-state index >= 15 is 0 Å². The maximum atomic E-state index is 10.9.